The van der Waals surface area contributed by atoms with Gasteiger partial charge in [0.1, 0.15) is 0 Å². The molecule has 0 spiro atoms. The molecule has 0 unspecified atom stereocenters. The number of nitrogens with one attached hydrogen (secondary N) is 1. The first-order valence-electron chi connectivity index (χ1n) is 5.97. The highest BCUT2D eigenvalue weighted by Crippen LogP contribution is 2.08. The van der Waals surface area contributed by atoms with E-state index in [1.165, 1.54) is 0 Å². The van der Waals surface area contributed by atoms with E-state index in [-0.39, 0.29) is 11.1 Å². The molecule has 0 saturated heterocycles. The van der Waals surface area contributed by atoms with E-state index >= 15 is 0 Å². The van der Waals surface area contributed by atoms with Crippen LogP contribution in [0.4, 0.5) is 0 Å². The molecule has 0 aromatic carbocycles. The molecule has 0 atom stereocenters. The van der Waals surface area contributed by atoms with Gasteiger partial charge >= 0.3 is 0 Å². The van der Waals surface area contributed by atoms with Crippen molar-refractivity contribution in [1.29, 1.82) is 0 Å². The molecule has 0 fully saturated rings. The Kier molecular flexibility index (Phi) is 4.95. The van der Waals surface area contributed by atoms with Crippen LogP contribution in [-0.4, -0.2) is 16.7 Å². The van der Waals surface area contributed by atoms with E-state index in [0.717, 1.165) is 23.0 Å². The zero-order valence-electron chi connectivity index (χ0n) is 11.0. The van der Waals surface area contributed by atoms with Gasteiger partial charge in [-0.1, -0.05) is 6.92 Å². The van der Waals surface area contributed by atoms with Gasteiger partial charge in [-0.3, -0.25) is 4.79 Å². The van der Waals surface area contributed by atoms with E-state index in [4.69, 9.17) is 0 Å². The van der Waals surface area contributed by atoms with Crippen molar-refractivity contribution in [3.8, 4) is 0 Å². The quantitative estimate of drug-likeness (QED) is 0.907. The Morgan fingerprint density at radius 3 is 2.71 bits per heavy atom. The van der Waals surface area contributed by atoms with Gasteiger partial charge < -0.3 is 9.88 Å². The van der Waals surface area contributed by atoms with E-state index in [0.29, 0.717) is 6.54 Å². The van der Waals surface area contributed by atoms with Crippen molar-refractivity contribution in [1.82, 2.24) is 9.88 Å². The van der Waals surface area contributed by atoms with Crippen LogP contribution in [0.1, 0.15) is 32.8 Å². The molecular weight excluding hydrogens is 280 g/mol. The molecule has 17 heavy (non-hydrogen) atoms. The number of halogens is 1. The minimum absolute atomic E-state index is 0.0873. The number of rotatable bonds is 5. The molecule has 0 radical (unpaired) electrons. The summed E-state index contributed by atoms with van der Waals surface area (Å²) in [5.74, 6) is 0. The van der Waals surface area contributed by atoms with Gasteiger partial charge in [-0.2, -0.15) is 0 Å². The Balaban J connectivity index is 2.67. The predicted octanol–water partition coefficient (Wildman–Crippen LogP) is 2.70. The highest BCUT2D eigenvalue weighted by Gasteiger charge is 2.13. The Morgan fingerprint density at radius 1 is 1.47 bits per heavy atom. The molecular formula is C13H21BrN2O. The zero-order chi connectivity index (χ0) is 13.1. The molecule has 1 aromatic rings. The second kappa shape index (κ2) is 5.83. The maximum absolute atomic E-state index is 11.9. The van der Waals surface area contributed by atoms with Gasteiger partial charge in [0, 0.05) is 34.9 Å². The van der Waals surface area contributed by atoms with Crippen LogP contribution >= 0.6 is 15.9 Å². The van der Waals surface area contributed by atoms with E-state index in [2.05, 4.69) is 42.0 Å². The third-order valence-corrected chi connectivity index (χ3v) is 3.51. The SMILES string of the molecule is CCC(C)(C)NCCn1cc(Br)cc(C)c1=O. The minimum Gasteiger partial charge on any atom is -0.313 e. The topological polar surface area (TPSA) is 34.0 Å². The Morgan fingerprint density at radius 2 is 2.12 bits per heavy atom. The number of hydrogen-bond donors (Lipinski definition) is 1. The zero-order valence-corrected chi connectivity index (χ0v) is 12.6. The van der Waals surface area contributed by atoms with Crippen molar-refractivity contribution in [2.24, 2.45) is 0 Å². The van der Waals surface area contributed by atoms with E-state index in [1.807, 2.05) is 19.2 Å². The maximum atomic E-state index is 11.9. The summed E-state index contributed by atoms with van der Waals surface area (Å²) in [6.07, 6.45) is 2.91. The van der Waals surface area contributed by atoms with Crippen LogP contribution in [0.3, 0.4) is 0 Å². The molecule has 3 nitrogen and oxygen atoms in total. The van der Waals surface area contributed by atoms with Crippen molar-refractivity contribution in [2.75, 3.05) is 6.54 Å². The van der Waals surface area contributed by atoms with Gasteiger partial charge in [-0.25, -0.2) is 0 Å². The smallest absolute Gasteiger partial charge is 0.253 e. The van der Waals surface area contributed by atoms with Gasteiger partial charge in [0.05, 0.1) is 0 Å². The molecule has 1 heterocycles. The van der Waals surface area contributed by atoms with Crippen molar-refractivity contribution in [2.45, 2.75) is 46.2 Å². The lowest BCUT2D eigenvalue weighted by atomic mass is 10.0. The van der Waals surface area contributed by atoms with Gasteiger partial charge in [-0.05, 0) is 49.2 Å². The monoisotopic (exact) mass is 300 g/mol. The molecule has 0 aliphatic heterocycles. The first kappa shape index (κ1) is 14.5. The summed E-state index contributed by atoms with van der Waals surface area (Å²) in [4.78, 5) is 11.9. The molecule has 1 rings (SSSR count). The number of nitrogens with zero attached hydrogens (tertiary/aromatic N) is 1. The average molecular weight is 301 g/mol. The third-order valence-electron chi connectivity index (χ3n) is 3.07. The molecule has 1 aromatic heterocycles. The van der Waals surface area contributed by atoms with E-state index in [1.54, 1.807) is 4.57 Å². The lowest BCUT2D eigenvalue weighted by molar-refractivity contribution is 0.366. The van der Waals surface area contributed by atoms with Gasteiger partial charge in [0.15, 0.2) is 0 Å². The van der Waals surface area contributed by atoms with Crippen molar-refractivity contribution in [3.63, 3.8) is 0 Å². The molecule has 96 valence electrons. The number of aryl methyl sites for hydroxylation is 1. The van der Waals surface area contributed by atoms with Gasteiger partial charge in [0.25, 0.3) is 5.56 Å². The minimum atomic E-state index is 0.0873. The number of aromatic nitrogens is 1. The largest absolute Gasteiger partial charge is 0.313 e. The van der Waals surface area contributed by atoms with E-state index in [9.17, 15) is 4.79 Å². The lowest BCUT2D eigenvalue weighted by Crippen LogP contribution is -2.41. The predicted molar refractivity (Wildman–Crippen MR) is 75.5 cm³/mol. The van der Waals surface area contributed by atoms with Crippen molar-refractivity contribution >= 4 is 15.9 Å². The highest BCUT2D eigenvalue weighted by atomic mass is 79.9. The first-order valence-corrected chi connectivity index (χ1v) is 6.76. The van der Waals surface area contributed by atoms with Crippen LogP contribution in [0.5, 0.6) is 0 Å². The Labute approximate surface area is 111 Å². The molecule has 0 saturated carbocycles. The number of pyridine rings is 1. The highest BCUT2D eigenvalue weighted by molar-refractivity contribution is 9.10. The summed E-state index contributed by atoms with van der Waals surface area (Å²) in [7, 11) is 0. The normalized spacial score (nSPS) is 11.8. The molecule has 0 amide bonds. The Bertz CT molecular complexity index is 438. The second-order valence-corrected chi connectivity index (χ2v) is 5.92. The number of hydrogen-bond acceptors (Lipinski definition) is 2. The summed E-state index contributed by atoms with van der Waals surface area (Å²) in [5.41, 5.74) is 0.989. The molecule has 0 aliphatic rings. The van der Waals surface area contributed by atoms with Crippen LogP contribution in [0, 0.1) is 6.92 Å². The fraction of sp³-hybridized carbons (Fsp3) is 0.615. The maximum Gasteiger partial charge on any atom is 0.253 e. The fourth-order valence-electron chi connectivity index (χ4n) is 1.55. The summed E-state index contributed by atoms with van der Waals surface area (Å²) in [5, 5.41) is 3.45. The van der Waals surface area contributed by atoms with Crippen LogP contribution in [0.2, 0.25) is 0 Å². The van der Waals surface area contributed by atoms with Crippen LogP contribution in [0.25, 0.3) is 0 Å². The molecule has 0 aliphatic carbocycles. The molecule has 0 bridgehead atoms. The van der Waals surface area contributed by atoms with E-state index < -0.39 is 0 Å². The average Bonchev–Trinajstić information content (AvgIpc) is 2.24. The summed E-state index contributed by atoms with van der Waals surface area (Å²) in [6.45, 7) is 9.83. The van der Waals surface area contributed by atoms with Crippen molar-refractivity contribution in [3.05, 3.63) is 32.7 Å². The summed E-state index contributed by atoms with van der Waals surface area (Å²) < 4.78 is 2.70. The van der Waals surface area contributed by atoms with Crippen molar-refractivity contribution < 1.29 is 0 Å². The summed E-state index contributed by atoms with van der Waals surface area (Å²) in [6, 6.07) is 1.85. The molecule has 1 N–H and O–H groups in total. The van der Waals surface area contributed by atoms with Gasteiger partial charge in [-0.15, -0.1) is 0 Å². The fourth-order valence-corrected chi connectivity index (χ4v) is 2.14. The summed E-state index contributed by atoms with van der Waals surface area (Å²) >= 11 is 3.41. The van der Waals surface area contributed by atoms with Crippen LogP contribution < -0.4 is 10.9 Å². The third kappa shape index (κ3) is 4.28. The second-order valence-electron chi connectivity index (χ2n) is 5.00. The lowest BCUT2D eigenvalue weighted by Gasteiger charge is -2.24. The van der Waals surface area contributed by atoms with Gasteiger partial charge in [0.2, 0.25) is 0 Å². The Hall–Kier alpha value is -0.610. The first-order chi connectivity index (χ1) is 7.85. The standard InChI is InChI=1S/C13H21BrN2O/c1-5-13(3,4)15-6-7-16-9-11(14)8-10(2)12(16)17/h8-9,15H,5-7H2,1-4H3. The van der Waals surface area contributed by atoms with Crippen LogP contribution in [0.15, 0.2) is 21.5 Å². The van der Waals surface area contributed by atoms with Crippen LogP contribution in [-0.2, 0) is 6.54 Å². The molecule has 4 heteroatoms.